The SMILES string of the molecule is C=C1C[C@@H]2CC[C@@]34C[C@H]5OC6[C@@H](O[C@H]7CC[C@H](CC(=O)CC8[C@H](CC9O[C@@H](CCC1O2)C[C@@H](C)C9=C)O[C@H](C[C@H](O)CN)[C@@H]8OC)O[C@@H]7[C@@H]6O3)[C@H]5O4.C=C1C[C@H](CCCO)OC1CC[C@H]1C[C@@H](C)C(=C)C(C[C@@H]2O[C@H](C[C@@H](CO[Si](C)(C)C(C)(C)C)O[Si](C)(C)C(C)(C)C)[C@H](OC)C2CS(=O)(=O)c2ccccc2)O1. The molecule has 29 atom stereocenters. The van der Waals surface area contributed by atoms with Crippen molar-refractivity contribution in [3.8, 4) is 0 Å². The fourth-order valence-corrected chi connectivity index (χ4v) is 23.4. The molecule has 616 valence electrons. The van der Waals surface area contributed by atoms with Gasteiger partial charge in [0, 0.05) is 90.6 Å². The summed E-state index contributed by atoms with van der Waals surface area (Å²) in [5, 5.41) is 19.9. The normalized spacial score (nSPS) is 40.7. The number of sulfone groups is 1. The quantitative estimate of drug-likeness (QED) is 0.0680. The molecule has 109 heavy (non-hydrogen) atoms. The van der Waals surface area contributed by atoms with Crippen LogP contribution in [0.5, 0.6) is 0 Å². The molecule has 1 aromatic rings. The van der Waals surface area contributed by atoms with Gasteiger partial charge < -0.3 is 86.4 Å². The third kappa shape index (κ3) is 19.7. The summed E-state index contributed by atoms with van der Waals surface area (Å²) in [6.45, 7) is 45.4. The number of methoxy groups -OCH3 is 2. The summed E-state index contributed by atoms with van der Waals surface area (Å²) in [5.74, 6) is -0.943. The second kappa shape index (κ2) is 35.4. The lowest BCUT2D eigenvalue weighted by atomic mass is 9.81. The van der Waals surface area contributed by atoms with Crippen molar-refractivity contribution in [2.45, 2.75) is 384 Å². The van der Waals surface area contributed by atoms with Crippen molar-refractivity contribution in [1.82, 2.24) is 0 Å². The van der Waals surface area contributed by atoms with Crippen molar-refractivity contribution in [3.05, 3.63) is 78.9 Å². The topological polar surface area (TPSA) is 256 Å². The Morgan fingerprint density at radius 2 is 1.28 bits per heavy atom. The van der Waals surface area contributed by atoms with E-state index in [1.807, 2.05) is 6.07 Å². The van der Waals surface area contributed by atoms with Gasteiger partial charge in [-0.15, -0.1) is 0 Å². The maximum absolute atomic E-state index is 14.1. The Bertz CT molecular complexity index is 3390. The van der Waals surface area contributed by atoms with Crippen molar-refractivity contribution < 1.29 is 93.9 Å². The first kappa shape index (κ1) is 85.9. The number of hydrogen-bond acceptors (Lipinski definition) is 21. The summed E-state index contributed by atoms with van der Waals surface area (Å²) in [5.41, 5.74) is 10.1. The Labute approximate surface area is 654 Å². The summed E-state index contributed by atoms with van der Waals surface area (Å²) in [7, 11) is -4.69. The summed E-state index contributed by atoms with van der Waals surface area (Å²) >= 11 is 0. The van der Waals surface area contributed by atoms with Gasteiger partial charge in [0.15, 0.2) is 32.3 Å². The minimum absolute atomic E-state index is 0.000157. The number of benzene rings is 1. The molecule has 7 unspecified atom stereocenters. The third-order valence-corrected chi connectivity index (χ3v) is 38.6. The summed E-state index contributed by atoms with van der Waals surface area (Å²) in [6.07, 6.45) is 8.98. The molecule has 12 bridgehead atoms. The molecule has 21 nitrogen and oxygen atoms in total. The molecule has 0 radical (unpaired) electrons. The Morgan fingerprint density at radius 1 is 0.624 bits per heavy atom. The van der Waals surface area contributed by atoms with E-state index in [9.17, 15) is 23.4 Å². The maximum Gasteiger partial charge on any atom is 0.192 e. The zero-order chi connectivity index (χ0) is 78.4. The minimum atomic E-state index is -3.68. The lowest BCUT2D eigenvalue weighted by molar-refractivity contribution is -0.292. The first-order valence-corrected chi connectivity index (χ1v) is 49.1. The second-order valence-electron chi connectivity index (χ2n) is 37.7. The Balaban J connectivity index is 0.000000204. The van der Waals surface area contributed by atoms with Crippen LogP contribution in [0.2, 0.25) is 36.3 Å². The van der Waals surface area contributed by atoms with Crippen LogP contribution < -0.4 is 5.73 Å². The van der Waals surface area contributed by atoms with Gasteiger partial charge in [0.25, 0.3) is 0 Å². The van der Waals surface area contributed by atoms with E-state index >= 15 is 0 Å². The van der Waals surface area contributed by atoms with Gasteiger partial charge in [0.2, 0.25) is 0 Å². The molecule has 0 saturated carbocycles. The Kier molecular flexibility index (Phi) is 27.9. The maximum atomic E-state index is 14.1. The number of rotatable bonds is 23. The fourth-order valence-electron chi connectivity index (χ4n) is 19.4. The van der Waals surface area contributed by atoms with Crippen LogP contribution in [0.1, 0.15) is 190 Å². The summed E-state index contributed by atoms with van der Waals surface area (Å²) in [4.78, 5) is 14.4. The standard InChI is InChI=1S/C45H78O9SSi2.C40H59NO11/c1-31-25-35(22-23-39-32(2)26-34(51-39)19-18-24-46)52-40(33(31)3)28-41-38(30-55(47,48)37-20-16-15-17-21-37)43(49-10)42(53-41)27-36(54-57(13,14)45(7,8)9)29-50-56(11,12)44(4,5)6;1-19-11-24-5-7-28-20(2)12-26(45-28)9-10-40-17-33-36(51-40)37-38(50-33)39(52-40)35-29(49-37)8-6-25(47-35)13-22(42)14-27-31(16-30(46-24)21(19)3)48-32(34(27)44-4)15-23(43)18-41/h15-17,20-21,31,34-36,38-43,46H,2-3,18-19,22-30H2,1,4-14H3;19,23-39,43H,2-3,5-18,41H2,1,4H3/t31-,34+,35+,36+,38?,39?,40?,41+,42-,43-;19-,23+,24+,25-,26+,27?,28?,29+,30?,31+,32-,33-,34-,35+,36+,37+,38?,39+,40+/m11/s1. The van der Waals surface area contributed by atoms with Crippen LogP contribution in [-0.4, -0.2) is 233 Å². The van der Waals surface area contributed by atoms with Crippen LogP contribution in [-0.2, 0) is 85.1 Å². The van der Waals surface area contributed by atoms with Gasteiger partial charge in [-0.1, -0.05) is 99.9 Å². The van der Waals surface area contributed by atoms with Crippen LogP contribution in [0.4, 0.5) is 0 Å². The smallest absolute Gasteiger partial charge is 0.192 e. The highest BCUT2D eigenvalue weighted by atomic mass is 32.2. The van der Waals surface area contributed by atoms with Gasteiger partial charge in [-0.2, -0.15) is 0 Å². The molecule has 0 amide bonds. The van der Waals surface area contributed by atoms with E-state index in [2.05, 4.69) is 108 Å². The Morgan fingerprint density at radius 3 is 1.99 bits per heavy atom. The highest BCUT2D eigenvalue weighted by molar-refractivity contribution is 7.91. The number of carbonyl (C=O) groups excluding carboxylic acids is 1. The highest BCUT2D eigenvalue weighted by Gasteiger charge is 2.69. The molecule has 14 rings (SSSR count). The van der Waals surface area contributed by atoms with Crippen LogP contribution in [0.3, 0.4) is 0 Å². The number of Topliss-reactive ketones (excluding diaryl/α,β-unsaturated/α-hetero) is 1. The number of fused-ring (bicyclic) bond motifs is 6. The predicted molar refractivity (Wildman–Crippen MR) is 422 cm³/mol. The lowest BCUT2D eigenvalue weighted by Crippen LogP contribution is -2.61. The molecule has 24 heteroatoms. The molecule has 1 spiro atoms. The fraction of sp³-hybridized carbons (Fsp3) is 0.824. The monoisotopic (exact) mass is 1580 g/mol. The highest BCUT2D eigenvalue weighted by Crippen LogP contribution is 2.55. The number of nitrogens with two attached hydrogens (primary N) is 1. The second-order valence-corrected chi connectivity index (χ2v) is 49.3. The van der Waals surface area contributed by atoms with Crippen molar-refractivity contribution in [3.63, 3.8) is 0 Å². The van der Waals surface area contributed by atoms with Crippen molar-refractivity contribution >= 4 is 32.3 Å². The number of aliphatic hydroxyl groups is 2. The van der Waals surface area contributed by atoms with Crippen molar-refractivity contribution in [2.75, 3.05) is 39.7 Å². The van der Waals surface area contributed by atoms with E-state index in [4.69, 9.17) is 76.2 Å². The largest absolute Gasteiger partial charge is 0.414 e. The van der Waals surface area contributed by atoms with Crippen LogP contribution in [0.25, 0.3) is 0 Å². The third-order valence-electron chi connectivity index (χ3n) is 27.8. The zero-order valence-corrected chi connectivity index (χ0v) is 71.1. The first-order chi connectivity index (χ1) is 51.5. The van der Waals surface area contributed by atoms with Crippen LogP contribution in [0, 0.1) is 23.7 Å². The van der Waals surface area contributed by atoms with Gasteiger partial charge in [-0.05, 0) is 166 Å². The van der Waals surface area contributed by atoms with Gasteiger partial charge >= 0.3 is 0 Å². The number of ether oxygens (including phenoxy) is 13. The number of ketones is 1. The van der Waals surface area contributed by atoms with E-state index in [-0.39, 0.29) is 181 Å². The van der Waals surface area contributed by atoms with Gasteiger partial charge in [-0.25, -0.2) is 8.42 Å². The van der Waals surface area contributed by atoms with Crippen LogP contribution >= 0.6 is 0 Å². The molecule has 0 aliphatic carbocycles. The van der Waals surface area contributed by atoms with Gasteiger partial charge in [0.05, 0.1) is 133 Å². The molecule has 4 N–H and O–H groups in total. The average molecular weight is 1580 g/mol. The minimum Gasteiger partial charge on any atom is -0.414 e. The predicted octanol–water partition coefficient (Wildman–Crippen LogP) is 13.1. The molecular formula is C85H137NO20SSi2. The lowest BCUT2D eigenvalue weighted by Gasteiger charge is -2.47. The molecule has 13 saturated heterocycles. The first-order valence-electron chi connectivity index (χ1n) is 41.6. The average Bonchev–Trinajstić information content (AvgIpc) is 1.55. The van der Waals surface area contributed by atoms with Crippen LogP contribution in [0.15, 0.2) is 83.8 Å². The Hall–Kier alpha value is -2.49. The zero-order valence-electron chi connectivity index (χ0n) is 68.3. The number of carbonyl (C=O) groups is 1. The van der Waals surface area contributed by atoms with E-state index in [1.165, 1.54) is 0 Å². The van der Waals surface area contributed by atoms with E-state index in [0.29, 0.717) is 50.0 Å². The summed E-state index contributed by atoms with van der Waals surface area (Å²) < 4.78 is 129. The molecule has 13 aliphatic rings. The number of hydrogen-bond donors (Lipinski definition) is 3. The molecule has 13 fully saturated rings. The van der Waals surface area contributed by atoms with Crippen molar-refractivity contribution in [1.29, 1.82) is 0 Å². The number of aliphatic hydroxyl groups excluding tert-OH is 2. The molecule has 0 aromatic heterocycles. The van der Waals surface area contributed by atoms with Crippen molar-refractivity contribution in [2.24, 2.45) is 29.4 Å². The van der Waals surface area contributed by atoms with E-state index < -0.39 is 68.7 Å². The summed E-state index contributed by atoms with van der Waals surface area (Å²) in [6, 6.07) is 8.68. The molecule has 13 heterocycles. The molecule has 1 aromatic carbocycles. The van der Waals surface area contributed by atoms with Gasteiger partial charge in [0.1, 0.15) is 36.3 Å². The van der Waals surface area contributed by atoms with E-state index in [1.54, 1.807) is 38.5 Å². The van der Waals surface area contributed by atoms with E-state index in [0.717, 1.165) is 106 Å². The van der Waals surface area contributed by atoms with Gasteiger partial charge in [-0.3, -0.25) is 4.79 Å². The molecular weight excluding hydrogens is 1440 g/mol. The molecule has 13 aliphatic heterocycles.